The topological polar surface area (TPSA) is 12.9 Å². The lowest BCUT2D eigenvalue weighted by Gasteiger charge is -2.09. The Morgan fingerprint density at radius 2 is 1.38 bits per heavy atom. The van der Waals surface area contributed by atoms with Crippen LogP contribution in [0.5, 0.6) is 0 Å². The molecule has 2 aromatic carbocycles. The number of benzene rings is 2. The second-order valence-electron chi connectivity index (χ2n) is 5.79. The second-order valence-corrected chi connectivity index (χ2v) is 5.79. The Hall–Kier alpha value is -1.89. The standard InChI is InChI=1S/C20H23N/c1-2-3-4-5-6-14-19-17-12-8-7-11-16(17)18-13-9-10-15-20(18)21-19/h7-13,15H,2-6,14H2,1H3. The summed E-state index contributed by atoms with van der Waals surface area (Å²) < 4.78 is 0. The molecule has 0 unspecified atom stereocenters. The normalized spacial score (nSPS) is 11.3. The predicted octanol–water partition coefficient (Wildman–Crippen LogP) is 5.90. The first-order valence-corrected chi connectivity index (χ1v) is 8.16. The van der Waals surface area contributed by atoms with Gasteiger partial charge in [0, 0.05) is 16.5 Å². The third kappa shape index (κ3) is 3.07. The van der Waals surface area contributed by atoms with Crippen LogP contribution in [0.25, 0.3) is 21.7 Å². The first-order valence-electron chi connectivity index (χ1n) is 8.16. The third-order valence-corrected chi connectivity index (χ3v) is 4.20. The second kappa shape index (κ2) is 6.71. The number of aromatic nitrogens is 1. The molecule has 108 valence electrons. The van der Waals surface area contributed by atoms with Gasteiger partial charge in [0.1, 0.15) is 0 Å². The number of pyridine rings is 1. The minimum Gasteiger partial charge on any atom is -0.252 e. The number of hydrogen-bond donors (Lipinski definition) is 0. The van der Waals surface area contributed by atoms with Crippen molar-refractivity contribution in [1.29, 1.82) is 0 Å². The van der Waals surface area contributed by atoms with Crippen molar-refractivity contribution in [3.63, 3.8) is 0 Å². The van der Waals surface area contributed by atoms with Gasteiger partial charge in [0.15, 0.2) is 0 Å². The van der Waals surface area contributed by atoms with Crippen molar-refractivity contribution >= 4 is 21.7 Å². The number of nitrogens with zero attached hydrogens (tertiary/aromatic N) is 1. The number of unbranched alkanes of at least 4 members (excludes halogenated alkanes) is 4. The highest BCUT2D eigenvalue weighted by Crippen LogP contribution is 2.27. The average molecular weight is 277 g/mol. The van der Waals surface area contributed by atoms with Crippen LogP contribution in [-0.4, -0.2) is 4.98 Å². The summed E-state index contributed by atoms with van der Waals surface area (Å²) in [4.78, 5) is 4.92. The molecule has 0 spiro atoms. The zero-order valence-electron chi connectivity index (χ0n) is 12.8. The minimum absolute atomic E-state index is 1.09. The largest absolute Gasteiger partial charge is 0.252 e. The quantitative estimate of drug-likeness (QED) is 0.403. The smallest absolute Gasteiger partial charge is 0.0711 e. The zero-order chi connectivity index (χ0) is 14.5. The highest BCUT2D eigenvalue weighted by molar-refractivity contribution is 6.06. The van der Waals surface area contributed by atoms with Crippen LogP contribution in [0.4, 0.5) is 0 Å². The fourth-order valence-electron chi connectivity index (χ4n) is 3.06. The number of hydrogen-bond acceptors (Lipinski definition) is 1. The van der Waals surface area contributed by atoms with Gasteiger partial charge in [0.25, 0.3) is 0 Å². The molecule has 0 N–H and O–H groups in total. The van der Waals surface area contributed by atoms with Crippen LogP contribution in [0.3, 0.4) is 0 Å². The van der Waals surface area contributed by atoms with Gasteiger partial charge in [-0.3, -0.25) is 4.98 Å². The molecule has 1 nitrogen and oxygen atoms in total. The molecule has 0 aliphatic rings. The monoisotopic (exact) mass is 277 g/mol. The molecule has 1 heterocycles. The zero-order valence-corrected chi connectivity index (χ0v) is 12.8. The number of rotatable bonds is 6. The number of fused-ring (bicyclic) bond motifs is 3. The first kappa shape index (κ1) is 14.1. The SMILES string of the molecule is CCCCCCCc1nc2ccccc2c2ccccc12. The van der Waals surface area contributed by atoms with Crippen LogP contribution in [-0.2, 0) is 6.42 Å². The lowest BCUT2D eigenvalue weighted by Crippen LogP contribution is -1.94. The van der Waals surface area contributed by atoms with E-state index in [0.717, 1.165) is 11.9 Å². The predicted molar refractivity (Wildman–Crippen MR) is 91.7 cm³/mol. The van der Waals surface area contributed by atoms with Gasteiger partial charge < -0.3 is 0 Å². The van der Waals surface area contributed by atoms with Crippen LogP contribution in [0.1, 0.15) is 44.7 Å². The summed E-state index contributed by atoms with van der Waals surface area (Å²) in [5.74, 6) is 0. The van der Waals surface area contributed by atoms with E-state index in [2.05, 4.69) is 55.5 Å². The van der Waals surface area contributed by atoms with E-state index in [9.17, 15) is 0 Å². The van der Waals surface area contributed by atoms with Gasteiger partial charge in [-0.2, -0.15) is 0 Å². The molecule has 0 saturated heterocycles. The van der Waals surface area contributed by atoms with Gasteiger partial charge in [0.2, 0.25) is 0 Å². The van der Waals surface area contributed by atoms with E-state index in [-0.39, 0.29) is 0 Å². The van der Waals surface area contributed by atoms with Crippen LogP contribution < -0.4 is 0 Å². The van der Waals surface area contributed by atoms with Crippen molar-refractivity contribution in [3.8, 4) is 0 Å². The Labute approximate surface area is 127 Å². The Morgan fingerprint density at radius 1 is 0.714 bits per heavy atom. The molecule has 0 atom stereocenters. The molecule has 1 heteroatoms. The Kier molecular flexibility index (Phi) is 4.49. The van der Waals surface area contributed by atoms with Gasteiger partial charge >= 0.3 is 0 Å². The van der Waals surface area contributed by atoms with Crippen LogP contribution in [0, 0.1) is 0 Å². The van der Waals surface area contributed by atoms with Crippen molar-refractivity contribution in [2.45, 2.75) is 45.4 Å². The molecule has 0 saturated carbocycles. The molecular weight excluding hydrogens is 254 g/mol. The van der Waals surface area contributed by atoms with Crippen LogP contribution in [0.15, 0.2) is 48.5 Å². The van der Waals surface area contributed by atoms with E-state index in [1.165, 1.54) is 54.0 Å². The molecule has 0 amide bonds. The molecule has 0 aliphatic carbocycles. The number of para-hydroxylation sites is 1. The Balaban J connectivity index is 1.92. The van der Waals surface area contributed by atoms with Crippen molar-refractivity contribution in [1.82, 2.24) is 4.98 Å². The van der Waals surface area contributed by atoms with Gasteiger partial charge in [-0.15, -0.1) is 0 Å². The Morgan fingerprint density at radius 3 is 2.19 bits per heavy atom. The summed E-state index contributed by atoms with van der Waals surface area (Å²) in [6, 6.07) is 17.2. The molecule has 0 fully saturated rings. The average Bonchev–Trinajstić information content (AvgIpc) is 2.54. The summed E-state index contributed by atoms with van der Waals surface area (Å²) in [7, 11) is 0. The molecule has 21 heavy (non-hydrogen) atoms. The molecule has 1 aromatic heterocycles. The number of aryl methyl sites for hydroxylation is 1. The summed E-state index contributed by atoms with van der Waals surface area (Å²) >= 11 is 0. The molecular formula is C20H23N. The highest BCUT2D eigenvalue weighted by Gasteiger charge is 2.07. The fraction of sp³-hybridized carbons (Fsp3) is 0.350. The van der Waals surface area contributed by atoms with Gasteiger partial charge in [0.05, 0.1) is 5.52 Å². The lowest BCUT2D eigenvalue weighted by atomic mass is 10.0. The maximum atomic E-state index is 4.92. The van der Waals surface area contributed by atoms with E-state index >= 15 is 0 Å². The molecule has 3 aromatic rings. The summed E-state index contributed by atoms with van der Waals surface area (Å²) in [5, 5.41) is 3.93. The van der Waals surface area contributed by atoms with Crippen molar-refractivity contribution < 1.29 is 0 Å². The van der Waals surface area contributed by atoms with E-state index in [4.69, 9.17) is 4.98 Å². The van der Waals surface area contributed by atoms with E-state index in [1.54, 1.807) is 0 Å². The summed E-state index contributed by atoms with van der Waals surface area (Å²) in [6.45, 7) is 2.26. The van der Waals surface area contributed by atoms with Gasteiger partial charge in [-0.25, -0.2) is 0 Å². The highest BCUT2D eigenvalue weighted by atomic mass is 14.7. The molecule has 0 radical (unpaired) electrons. The van der Waals surface area contributed by atoms with Crippen LogP contribution in [0.2, 0.25) is 0 Å². The maximum Gasteiger partial charge on any atom is 0.0711 e. The van der Waals surface area contributed by atoms with E-state index in [1.807, 2.05) is 0 Å². The van der Waals surface area contributed by atoms with Crippen LogP contribution >= 0.6 is 0 Å². The summed E-state index contributed by atoms with van der Waals surface area (Å²) in [5.41, 5.74) is 2.39. The van der Waals surface area contributed by atoms with Crippen molar-refractivity contribution in [3.05, 3.63) is 54.2 Å². The minimum atomic E-state index is 1.09. The fourth-order valence-corrected chi connectivity index (χ4v) is 3.06. The van der Waals surface area contributed by atoms with E-state index < -0.39 is 0 Å². The van der Waals surface area contributed by atoms with Crippen molar-refractivity contribution in [2.24, 2.45) is 0 Å². The third-order valence-electron chi connectivity index (χ3n) is 4.20. The van der Waals surface area contributed by atoms with Gasteiger partial charge in [-0.05, 0) is 24.3 Å². The summed E-state index contributed by atoms with van der Waals surface area (Å²) in [6.07, 6.45) is 7.66. The Bertz CT molecular complexity index is 730. The van der Waals surface area contributed by atoms with E-state index in [0.29, 0.717) is 0 Å². The maximum absolute atomic E-state index is 4.92. The lowest BCUT2D eigenvalue weighted by molar-refractivity contribution is 0.630. The molecule has 0 bridgehead atoms. The van der Waals surface area contributed by atoms with Gasteiger partial charge in [-0.1, -0.05) is 75.1 Å². The molecule has 3 rings (SSSR count). The van der Waals surface area contributed by atoms with Crippen molar-refractivity contribution in [2.75, 3.05) is 0 Å². The first-order chi connectivity index (χ1) is 10.4. The molecule has 0 aliphatic heterocycles.